The third-order valence-corrected chi connectivity index (χ3v) is 3.33. The number of rotatable bonds is 3. The van der Waals surface area contributed by atoms with Crippen LogP contribution >= 0.6 is 15.9 Å². The van der Waals surface area contributed by atoms with Gasteiger partial charge in [-0.15, -0.1) is 0 Å². The molecule has 0 saturated heterocycles. The summed E-state index contributed by atoms with van der Waals surface area (Å²) in [6, 6.07) is 8.35. The van der Waals surface area contributed by atoms with Crippen LogP contribution in [0.2, 0.25) is 0 Å². The first kappa shape index (κ1) is 14.9. The van der Waals surface area contributed by atoms with Crippen LogP contribution in [0.1, 0.15) is 24.2 Å². The number of amides is 2. The average Bonchev–Trinajstić information content (AvgIpc) is 2.50. The highest BCUT2D eigenvalue weighted by molar-refractivity contribution is 9.10. The van der Waals surface area contributed by atoms with E-state index in [1.165, 1.54) is 12.3 Å². The van der Waals surface area contributed by atoms with Crippen molar-refractivity contribution in [2.45, 2.75) is 13.0 Å². The van der Waals surface area contributed by atoms with Gasteiger partial charge >= 0.3 is 6.03 Å². The number of anilines is 1. The molecule has 0 saturated carbocycles. The summed E-state index contributed by atoms with van der Waals surface area (Å²) >= 11 is 3.21. The third kappa shape index (κ3) is 4.00. The van der Waals surface area contributed by atoms with E-state index in [-0.39, 0.29) is 6.04 Å². The lowest BCUT2D eigenvalue weighted by Gasteiger charge is -2.13. The van der Waals surface area contributed by atoms with E-state index in [0.29, 0.717) is 15.9 Å². The summed E-state index contributed by atoms with van der Waals surface area (Å²) in [7, 11) is 0. The minimum absolute atomic E-state index is 0.239. The highest BCUT2D eigenvalue weighted by Crippen LogP contribution is 2.17. The molecule has 1 unspecified atom stereocenters. The molecule has 0 aliphatic rings. The lowest BCUT2D eigenvalue weighted by atomic mass is 10.2. The van der Waals surface area contributed by atoms with Gasteiger partial charge in [-0.2, -0.15) is 5.26 Å². The molecule has 106 valence electrons. The maximum atomic E-state index is 11.9. The van der Waals surface area contributed by atoms with E-state index in [4.69, 9.17) is 5.26 Å². The van der Waals surface area contributed by atoms with Crippen molar-refractivity contribution < 1.29 is 4.79 Å². The first-order valence-corrected chi connectivity index (χ1v) is 6.93. The number of carbonyl (C=O) groups excluding carboxylic acids is 1. The number of urea groups is 1. The van der Waals surface area contributed by atoms with E-state index < -0.39 is 6.03 Å². The number of nitriles is 1. The molecule has 0 aliphatic heterocycles. The Balaban J connectivity index is 2.01. The van der Waals surface area contributed by atoms with Crippen molar-refractivity contribution in [1.29, 1.82) is 5.26 Å². The summed E-state index contributed by atoms with van der Waals surface area (Å²) in [6.45, 7) is 1.83. The minimum atomic E-state index is -0.410. The van der Waals surface area contributed by atoms with Gasteiger partial charge in [0.05, 0.1) is 21.8 Å². The van der Waals surface area contributed by atoms with Crippen LogP contribution in [-0.2, 0) is 0 Å². The van der Waals surface area contributed by atoms with Gasteiger partial charge in [0, 0.05) is 12.4 Å². The van der Waals surface area contributed by atoms with E-state index in [2.05, 4.69) is 36.5 Å². The summed E-state index contributed by atoms with van der Waals surface area (Å²) < 4.78 is 0.581. The maximum Gasteiger partial charge on any atom is 0.320 e. The average molecular weight is 346 g/mol. The van der Waals surface area contributed by atoms with Crippen molar-refractivity contribution in [3.63, 3.8) is 0 Å². The van der Waals surface area contributed by atoms with Crippen LogP contribution in [0.15, 0.2) is 41.1 Å². The molecule has 2 aromatic heterocycles. The molecule has 0 radical (unpaired) electrons. The molecule has 2 amide bonds. The Bertz CT molecular complexity index is 684. The van der Waals surface area contributed by atoms with Crippen molar-refractivity contribution in [2.75, 3.05) is 5.32 Å². The summed E-state index contributed by atoms with van der Waals surface area (Å²) in [4.78, 5) is 20.1. The molecule has 2 rings (SSSR count). The third-order valence-electron chi connectivity index (χ3n) is 2.70. The van der Waals surface area contributed by atoms with Gasteiger partial charge in [-0.1, -0.05) is 6.07 Å². The number of hydrogen-bond donors (Lipinski definition) is 2. The van der Waals surface area contributed by atoms with Crippen LogP contribution in [0, 0.1) is 11.3 Å². The van der Waals surface area contributed by atoms with Crippen LogP contribution in [0.5, 0.6) is 0 Å². The first-order chi connectivity index (χ1) is 10.1. The zero-order valence-electron chi connectivity index (χ0n) is 11.2. The second-order valence-corrected chi connectivity index (χ2v) is 5.09. The van der Waals surface area contributed by atoms with Gasteiger partial charge in [0.15, 0.2) is 0 Å². The Morgan fingerprint density at radius 3 is 2.90 bits per heavy atom. The maximum absolute atomic E-state index is 11.9. The normalized spacial score (nSPS) is 11.3. The number of hydrogen-bond acceptors (Lipinski definition) is 4. The Kier molecular flexibility index (Phi) is 4.85. The second kappa shape index (κ2) is 6.81. The minimum Gasteiger partial charge on any atom is -0.330 e. The Morgan fingerprint density at radius 2 is 2.24 bits per heavy atom. The van der Waals surface area contributed by atoms with Crippen LogP contribution in [0.25, 0.3) is 0 Å². The van der Waals surface area contributed by atoms with Gasteiger partial charge in [-0.25, -0.2) is 9.78 Å². The smallest absolute Gasteiger partial charge is 0.320 e. The van der Waals surface area contributed by atoms with Gasteiger partial charge < -0.3 is 5.32 Å². The Hall–Kier alpha value is -2.46. The molecule has 7 heteroatoms. The van der Waals surface area contributed by atoms with Crippen molar-refractivity contribution >= 4 is 27.8 Å². The molecule has 0 bridgehead atoms. The fourth-order valence-corrected chi connectivity index (χ4v) is 1.95. The van der Waals surface area contributed by atoms with Crippen molar-refractivity contribution in [2.24, 2.45) is 0 Å². The van der Waals surface area contributed by atoms with Gasteiger partial charge in [0.25, 0.3) is 0 Å². The van der Waals surface area contributed by atoms with Crippen molar-refractivity contribution in [1.82, 2.24) is 15.3 Å². The quantitative estimate of drug-likeness (QED) is 0.894. The van der Waals surface area contributed by atoms with E-state index in [1.807, 2.05) is 31.2 Å². The lowest BCUT2D eigenvalue weighted by Crippen LogP contribution is -2.31. The summed E-state index contributed by atoms with van der Waals surface area (Å²) in [5.74, 6) is 0.306. The van der Waals surface area contributed by atoms with Crippen LogP contribution in [0.4, 0.5) is 10.6 Å². The summed E-state index contributed by atoms with van der Waals surface area (Å²) in [5.41, 5.74) is 1.16. The number of nitrogens with zero attached hydrogens (tertiary/aromatic N) is 3. The molecule has 1 atom stereocenters. The molecule has 6 nitrogen and oxygen atoms in total. The molecule has 2 aromatic rings. The van der Waals surface area contributed by atoms with E-state index in [9.17, 15) is 4.79 Å². The number of aromatic nitrogens is 2. The lowest BCUT2D eigenvalue weighted by molar-refractivity contribution is 0.249. The highest BCUT2D eigenvalue weighted by atomic mass is 79.9. The predicted octanol–water partition coefficient (Wildman–Crippen LogP) is 2.99. The van der Waals surface area contributed by atoms with Gasteiger partial charge in [0.1, 0.15) is 11.9 Å². The molecular weight excluding hydrogens is 334 g/mol. The SMILES string of the molecule is CC(NC(=O)Nc1cc(C#N)c(Br)cn1)c1ccccn1. The fourth-order valence-electron chi connectivity index (χ4n) is 1.65. The molecule has 0 aliphatic carbocycles. The second-order valence-electron chi connectivity index (χ2n) is 4.24. The van der Waals surface area contributed by atoms with Gasteiger partial charge in [0.2, 0.25) is 0 Å². The standard InChI is InChI=1S/C14H12BrN5O/c1-9(12-4-2-3-5-17-12)19-14(21)20-13-6-10(7-16)11(15)8-18-13/h2-6,8-9H,1H3,(H2,18,19,20,21). The van der Waals surface area contributed by atoms with E-state index >= 15 is 0 Å². The molecule has 2 N–H and O–H groups in total. The molecule has 0 spiro atoms. The van der Waals surface area contributed by atoms with E-state index in [0.717, 1.165) is 5.69 Å². The Morgan fingerprint density at radius 1 is 1.43 bits per heavy atom. The largest absolute Gasteiger partial charge is 0.330 e. The zero-order chi connectivity index (χ0) is 15.2. The molecule has 0 aromatic carbocycles. The molecule has 21 heavy (non-hydrogen) atoms. The van der Waals surface area contributed by atoms with Crippen molar-refractivity contribution in [3.8, 4) is 6.07 Å². The molecule has 0 fully saturated rings. The topological polar surface area (TPSA) is 90.7 Å². The zero-order valence-corrected chi connectivity index (χ0v) is 12.8. The fraction of sp³-hybridized carbons (Fsp3) is 0.143. The van der Waals surface area contributed by atoms with Crippen LogP contribution in [0.3, 0.4) is 0 Å². The predicted molar refractivity (Wildman–Crippen MR) is 81.5 cm³/mol. The van der Waals surface area contributed by atoms with Crippen LogP contribution in [-0.4, -0.2) is 16.0 Å². The van der Waals surface area contributed by atoms with Crippen molar-refractivity contribution in [3.05, 3.63) is 52.4 Å². The number of pyridine rings is 2. The summed E-state index contributed by atoms with van der Waals surface area (Å²) in [6.07, 6.45) is 3.14. The highest BCUT2D eigenvalue weighted by Gasteiger charge is 2.11. The monoisotopic (exact) mass is 345 g/mol. The van der Waals surface area contributed by atoms with Gasteiger partial charge in [-0.05, 0) is 41.1 Å². The Labute approximate surface area is 130 Å². The first-order valence-electron chi connectivity index (χ1n) is 6.14. The number of halogens is 1. The van der Waals surface area contributed by atoms with Crippen LogP contribution < -0.4 is 10.6 Å². The van der Waals surface area contributed by atoms with Gasteiger partial charge in [-0.3, -0.25) is 10.3 Å². The van der Waals surface area contributed by atoms with E-state index in [1.54, 1.807) is 6.20 Å². The molecule has 2 heterocycles. The molecular formula is C14H12BrN5O. The number of carbonyl (C=O) groups is 1. The number of nitrogens with one attached hydrogen (secondary N) is 2. The summed E-state index contributed by atoms with van der Waals surface area (Å²) in [5, 5.41) is 14.3.